The molecule has 11 heteroatoms. The number of rotatable bonds is 6. The molecule has 0 saturated heterocycles. The normalized spacial score (nSPS) is 11.8. The van der Waals surface area contributed by atoms with Gasteiger partial charge in [-0.25, -0.2) is 16.8 Å². The number of carbonyl (C=O) groups excluding carboxylic acids is 1. The lowest BCUT2D eigenvalue weighted by Crippen LogP contribution is -2.30. The Bertz CT molecular complexity index is 1040. The lowest BCUT2D eigenvalue weighted by Gasteiger charge is -2.10. The van der Waals surface area contributed by atoms with Crippen molar-refractivity contribution in [2.45, 2.75) is 11.3 Å². The Morgan fingerprint density at radius 1 is 0.962 bits per heavy atom. The first-order valence-corrected chi connectivity index (χ1v) is 11.2. The van der Waals surface area contributed by atoms with E-state index in [4.69, 9.17) is 23.2 Å². The first-order valence-electron chi connectivity index (χ1n) is 7.04. The summed E-state index contributed by atoms with van der Waals surface area (Å²) in [6.07, 6.45) is 0.721. The first kappa shape index (κ1) is 20.5. The van der Waals surface area contributed by atoms with Gasteiger partial charge in [-0.1, -0.05) is 35.3 Å². The Kier molecular flexibility index (Phi) is 6.17. The van der Waals surface area contributed by atoms with Gasteiger partial charge in [-0.15, -0.1) is 0 Å². The molecule has 0 bridgehead atoms. The number of carbonyl (C=O) groups is 1. The van der Waals surface area contributed by atoms with E-state index in [0.717, 1.165) is 6.26 Å². The summed E-state index contributed by atoms with van der Waals surface area (Å²) >= 11 is 11.6. The fourth-order valence-corrected chi connectivity index (χ4v) is 3.91. The molecule has 0 atom stereocenters. The zero-order valence-electron chi connectivity index (χ0n) is 13.4. The second-order valence-corrected chi connectivity index (χ2v) is 9.60. The molecule has 0 heterocycles. The van der Waals surface area contributed by atoms with Crippen molar-refractivity contribution >= 4 is 54.8 Å². The molecule has 140 valence electrons. The molecule has 0 aliphatic rings. The standard InChI is InChI=1S/C15H14Cl2N2O5S2/c1-25(21,22)19-15(20)8-10-2-4-11(5-3-10)18-26(23,24)12-6-7-13(16)14(17)9-12/h2-7,9,18H,8H2,1H3,(H,19,20). The summed E-state index contributed by atoms with van der Waals surface area (Å²) in [6, 6.07) is 9.86. The van der Waals surface area contributed by atoms with Crippen LogP contribution in [-0.4, -0.2) is 29.0 Å². The van der Waals surface area contributed by atoms with Gasteiger partial charge in [-0.05, 0) is 35.9 Å². The molecule has 1 amide bonds. The highest BCUT2D eigenvalue weighted by molar-refractivity contribution is 7.92. The molecular weight excluding hydrogens is 423 g/mol. The zero-order chi connectivity index (χ0) is 19.5. The number of sulfonamides is 2. The van der Waals surface area contributed by atoms with Gasteiger partial charge in [0.05, 0.1) is 27.6 Å². The van der Waals surface area contributed by atoms with Crippen LogP contribution >= 0.6 is 23.2 Å². The van der Waals surface area contributed by atoms with Gasteiger partial charge in [0.25, 0.3) is 10.0 Å². The van der Waals surface area contributed by atoms with E-state index >= 15 is 0 Å². The van der Waals surface area contributed by atoms with Crippen LogP contribution in [-0.2, 0) is 31.3 Å². The monoisotopic (exact) mass is 436 g/mol. The van der Waals surface area contributed by atoms with Gasteiger partial charge in [0.15, 0.2) is 0 Å². The van der Waals surface area contributed by atoms with E-state index < -0.39 is 26.0 Å². The van der Waals surface area contributed by atoms with E-state index in [1.807, 2.05) is 4.72 Å². The third kappa shape index (κ3) is 5.87. The van der Waals surface area contributed by atoms with Gasteiger partial charge in [-0.2, -0.15) is 0 Å². The highest BCUT2D eigenvalue weighted by Crippen LogP contribution is 2.26. The molecular formula is C15H14Cl2N2O5S2. The van der Waals surface area contributed by atoms with Crippen LogP contribution in [0.15, 0.2) is 47.4 Å². The van der Waals surface area contributed by atoms with Gasteiger partial charge < -0.3 is 0 Å². The second kappa shape index (κ2) is 7.83. The molecule has 0 fully saturated rings. The van der Waals surface area contributed by atoms with E-state index in [-0.39, 0.29) is 27.0 Å². The minimum atomic E-state index is -3.86. The predicted octanol–water partition coefficient (Wildman–Crippen LogP) is 2.41. The molecule has 26 heavy (non-hydrogen) atoms. The summed E-state index contributed by atoms with van der Waals surface area (Å²) in [5.74, 6) is -0.684. The Morgan fingerprint density at radius 2 is 1.58 bits per heavy atom. The summed E-state index contributed by atoms with van der Waals surface area (Å²) in [4.78, 5) is 11.5. The number of hydrogen-bond acceptors (Lipinski definition) is 5. The topological polar surface area (TPSA) is 109 Å². The Hall–Kier alpha value is -1.81. The van der Waals surface area contributed by atoms with Crippen LogP contribution in [0, 0.1) is 0 Å². The van der Waals surface area contributed by atoms with E-state index in [1.165, 1.54) is 42.5 Å². The van der Waals surface area contributed by atoms with Crippen LogP contribution in [0.4, 0.5) is 5.69 Å². The molecule has 0 saturated carbocycles. The van der Waals surface area contributed by atoms with Crippen molar-refractivity contribution in [3.8, 4) is 0 Å². The van der Waals surface area contributed by atoms with Crippen LogP contribution in [0.1, 0.15) is 5.56 Å². The Morgan fingerprint density at radius 3 is 2.12 bits per heavy atom. The van der Waals surface area contributed by atoms with Gasteiger partial charge in [0.2, 0.25) is 15.9 Å². The lowest BCUT2D eigenvalue weighted by atomic mass is 10.1. The molecule has 0 aliphatic carbocycles. The minimum absolute atomic E-state index is 0.0523. The lowest BCUT2D eigenvalue weighted by molar-refractivity contribution is -0.118. The van der Waals surface area contributed by atoms with Gasteiger partial charge >= 0.3 is 0 Å². The average molecular weight is 437 g/mol. The summed E-state index contributed by atoms with van der Waals surface area (Å²) in [6.45, 7) is 0. The molecule has 0 unspecified atom stereocenters. The van der Waals surface area contributed by atoms with Crippen molar-refractivity contribution in [3.63, 3.8) is 0 Å². The molecule has 2 aromatic carbocycles. The summed E-state index contributed by atoms with van der Waals surface area (Å²) in [5, 5.41) is 0.351. The Labute approximate surface area is 161 Å². The molecule has 0 aromatic heterocycles. The van der Waals surface area contributed by atoms with Crippen molar-refractivity contribution in [3.05, 3.63) is 58.1 Å². The van der Waals surface area contributed by atoms with Crippen LogP contribution in [0.25, 0.3) is 0 Å². The highest BCUT2D eigenvalue weighted by atomic mass is 35.5. The van der Waals surface area contributed by atoms with Crippen molar-refractivity contribution in [1.29, 1.82) is 0 Å². The third-order valence-electron chi connectivity index (χ3n) is 3.07. The van der Waals surface area contributed by atoms with Crippen molar-refractivity contribution in [2.24, 2.45) is 0 Å². The number of hydrogen-bond donors (Lipinski definition) is 2. The molecule has 7 nitrogen and oxygen atoms in total. The van der Waals surface area contributed by atoms with Crippen molar-refractivity contribution in [1.82, 2.24) is 4.72 Å². The number of nitrogens with one attached hydrogen (secondary N) is 2. The van der Waals surface area contributed by atoms with Crippen LogP contribution < -0.4 is 9.44 Å². The van der Waals surface area contributed by atoms with Crippen LogP contribution in [0.2, 0.25) is 10.0 Å². The fraction of sp³-hybridized carbons (Fsp3) is 0.133. The number of halogens is 2. The fourth-order valence-electron chi connectivity index (χ4n) is 1.98. The van der Waals surface area contributed by atoms with E-state index in [9.17, 15) is 21.6 Å². The van der Waals surface area contributed by atoms with Crippen LogP contribution in [0.3, 0.4) is 0 Å². The quantitative estimate of drug-likeness (QED) is 0.722. The average Bonchev–Trinajstić information content (AvgIpc) is 2.49. The van der Waals surface area contributed by atoms with Gasteiger partial charge in [0.1, 0.15) is 0 Å². The van der Waals surface area contributed by atoms with Crippen molar-refractivity contribution < 1.29 is 21.6 Å². The summed E-state index contributed by atoms with van der Waals surface area (Å²) < 4.78 is 50.9. The largest absolute Gasteiger partial charge is 0.280 e. The molecule has 0 aliphatic heterocycles. The van der Waals surface area contributed by atoms with Crippen LogP contribution in [0.5, 0.6) is 0 Å². The predicted molar refractivity (Wildman–Crippen MR) is 100 cm³/mol. The van der Waals surface area contributed by atoms with Gasteiger partial charge in [-0.3, -0.25) is 14.2 Å². The molecule has 2 rings (SSSR count). The SMILES string of the molecule is CS(=O)(=O)NC(=O)Cc1ccc(NS(=O)(=O)c2ccc(Cl)c(Cl)c2)cc1. The zero-order valence-corrected chi connectivity index (χ0v) is 16.5. The molecule has 0 radical (unpaired) electrons. The minimum Gasteiger partial charge on any atom is -0.280 e. The number of benzene rings is 2. The maximum Gasteiger partial charge on any atom is 0.261 e. The van der Waals surface area contributed by atoms with E-state index in [0.29, 0.717) is 5.56 Å². The Balaban J connectivity index is 2.11. The maximum atomic E-state index is 12.3. The number of anilines is 1. The van der Waals surface area contributed by atoms with Gasteiger partial charge in [0, 0.05) is 5.69 Å². The first-order chi connectivity index (χ1) is 12.0. The number of amides is 1. The third-order valence-corrected chi connectivity index (χ3v) is 5.79. The molecule has 2 N–H and O–H groups in total. The summed E-state index contributed by atoms with van der Waals surface area (Å²) in [5.41, 5.74) is 0.784. The second-order valence-electron chi connectivity index (χ2n) is 5.35. The molecule has 2 aromatic rings. The molecule has 0 spiro atoms. The smallest absolute Gasteiger partial charge is 0.261 e. The maximum absolute atomic E-state index is 12.3. The van der Waals surface area contributed by atoms with E-state index in [1.54, 1.807) is 0 Å². The summed E-state index contributed by atoms with van der Waals surface area (Å²) in [7, 11) is -7.49. The van der Waals surface area contributed by atoms with E-state index in [2.05, 4.69) is 4.72 Å². The van der Waals surface area contributed by atoms with Crippen molar-refractivity contribution in [2.75, 3.05) is 11.0 Å². The highest BCUT2D eigenvalue weighted by Gasteiger charge is 2.16.